The van der Waals surface area contributed by atoms with Crippen LogP contribution in [0, 0.1) is 19.7 Å². The number of benzene rings is 3. The highest BCUT2D eigenvalue weighted by atomic mass is 19.1. The first-order chi connectivity index (χ1) is 15.1. The van der Waals surface area contributed by atoms with E-state index in [4.69, 9.17) is 9.72 Å². The van der Waals surface area contributed by atoms with E-state index in [1.807, 2.05) is 42.5 Å². The van der Waals surface area contributed by atoms with E-state index in [1.54, 1.807) is 23.0 Å². The summed E-state index contributed by atoms with van der Waals surface area (Å²) in [6, 6.07) is 21.8. The number of rotatable bonds is 4. The molecule has 2 heterocycles. The first-order valence-electron chi connectivity index (χ1n) is 9.90. The Morgan fingerprint density at radius 3 is 2.48 bits per heavy atom. The van der Waals surface area contributed by atoms with Gasteiger partial charge >= 0.3 is 0 Å². The zero-order valence-electron chi connectivity index (χ0n) is 17.1. The van der Waals surface area contributed by atoms with Crippen molar-refractivity contribution in [1.82, 2.24) is 20.0 Å². The van der Waals surface area contributed by atoms with Gasteiger partial charge in [-0.05, 0) is 85.6 Å². The minimum Gasteiger partial charge on any atom is -0.457 e. The van der Waals surface area contributed by atoms with E-state index < -0.39 is 0 Å². The third-order valence-corrected chi connectivity index (χ3v) is 5.25. The number of aromatic nitrogens is 4. The van der Waals surface area contributed by atoms with Crippen molar-refractivity contribution in [1.29, 1.82) is 0 Å². The van der Waals surface area contributed by atoms with Crippen LogP contribution in [0.25, 0.3) is 28.0 Å². The molecule has 0 atom stereocenters. The minimum atomic E-state index is -0.292. The molecule has 0 aliphatic carbocycles. The van der Waals surface area contributed by atoms with E-state index in [2.05, 4.69) is 30.2 Å². The lowest BCUT2D eigenvalue weighted by atomic mass is 10.1. The second-order valence-electron chi connectivity index (χ2n) is 7.39. The molecule has 0 saturated carbocycles. The molecule has 0 spiro atoms. The quantitative estimate of drug-likeness (QED) is 0.363. The summed E-state index contributed by atoms with van der Waals surface area (Å²) >= 11 is 0. The number of ether oxygens (including phenoxy) is 1. The lowest BCUT2D eigenvalue weighted by Gasteiger charge is -2.10. The standard InChI is InChI=1S/C25H19FN4O/c1-16-6-11-20(14-17(16)2)31-25-5-3-4-22-21(25)12-13-23(27-22)24-15-30(29-28-24)19-9-7-18(26)8-10-19/h3-15H,1-2H3. The summed E-state index contributed by atoms with van der Waals surface area (Å²) in [5, 5.41) is 9.28. The highest BCUT2D eigenvalue weighted by Crippen LogP contribution is 2.31. The summed E-state index contributed by atoms with van der Waals surface area (Å²) in [5.74, 6) is 1.25. The summed E-state index contributed by atoms with van der Waals surface area (Å²) in [6.07, 6.45) is 1.77. The summed E-state index contributed by atoms with van der Waals surface area (Å²) < 4.78 is 20.9. The molecule has 0 unspecified atom stereocenters. The van der Waals surface area contributed by atoms with Crippen molar-refractivity contribution in [3.05, 3.63) is 95.9 Å². The van der Waals surface area contributed by atoms with Gasteiger partial charge in [0.1, 0.15) is 23.0 Å². The lowest BCUT2D eigenvalue weighted by Crippen LogP contribution is -1.94. The van der Waals surface area contributed by atoms with Gasteiger partial charge in [-0.1, -0.05) is 17.3 Å². The van der Waals surface area contributed by atoms with Crippen LogP contribution in [0.15, 0.2) is 79.0 Å². The minimum absolute atomic E-state index is 0.292. The van der Waals surface area contributed by atoms with Crippen LogP contribution in [-0.2, 0) is 0 Å². The number of hydrogen-bond acceptors (Lipinski definition) is 4. The zero-order valence-corrected chi connectivity index (χ0v) is 17.1. The molecule has 0 saturated heterocycles. The predicted molar refractivity (Wildman–Crippen MR) is 118 cm³/mol. The van der Waals surface area contributed by atoms with Crippen LogP contribution in [0.5, 0.6) is 11.5 Å². The molecule has 6 heteroatoms. The summed E-state index contributed by atoms with van der Waals surface area (Å²) in [5.41, 5.74) is 5.27. The SMILES string of the molecule is Cc1ccc(Oc2cccc3nc(-c4cn(-c5ccc(F)cc5)nn4)ccc23)cc1C. The van der Waals surface area contributed by atoms with Crippen LogP contribution in [0.1, 0.15) is 11.1 Å². The largest absolute Gasteiger partial charge is 0.457 e. The Labute approximate surface area is 178 Å². The molecule has 0 radical (unpaired) electrons. The van der Waals surface area contributed by atoms with Crippen LogP contribution in [0.3, 0.4) is 0 Å². The molecule has 0 bridgehead atoms. The molecular weight excluding hydrogens is 391 g/mol. The summed E-state index contributed by atoms with van der Waals surface area (Å²) in [4.78, 5) is 4.74. The first-order valence-corrected chi connectivity index (χ1v) is 9.90. The van der Waals surface area contributed by atoms with E-state index in [0.717, 1.165) is 28.1 Å². The van der Waals surface area contributed by atoms with Crippen molar-refractivity contribution in [3.63, 3.8) is 0 Å². The van der Waals surface area contributed by atoms with Crippen molar-refractivity contribution >= 4 is 10.9 Å². The van der Waals surface area contributed by atoms with Crippen LogP contribution in [0.2, 0.25) is 0 Å². The number of hydrogen-bond donors (Lipinski definition) is 0. The van der Waals surface area contributed by atoms with Crippen molar-refractivity contribution in [2.75, 3.05) is 0 Å². The fraction of sp³-hybridized carbons (Fsp3) is 0.0800. The lowest BCUT2D eigenvalue weighted by molar-refractivity contribution is 0.487. The molecule has 152 valence electrons. The van der Waals surface area contributed by atoms with E-state index in [0.29, 0.717) is 11.4 Å². The van der Waals surface area contributed by atoms with Gasteiger partial charge in [0.2, 0.25) is 0 Å². The monoisotopic (exact) mass is 410 g/mol. The molecule has 0 aliphatic heterocycles. The fourth-order valence-corrected chi connectivity index (χ4v) is 3.36. The molecular formula is C25H19FN4O. The topological polar surface area (TPSA) is 52.8 Å². The van der Waals surface area contributed by atoms with Crippen molar-refractivity contribution in [3.8, 4) is 28.6 Å². The Hall–Kier alpha value is -4.06. The number of halogens is 1. The molecule has 5 aromatic rings. The zero-order chi connectivity index (χ0) is 21.4. The Balaban J connectivity index is 1.47. The summed E-state index contributed by atoms with van der Waals surface area (Å²) in [7, 11) is 0. The molecule has 3 aromatic carbocycles. The van der Waals surface area contributed by atoms with Crippen LogP contribution in [0.4, 0.5) is 4.39 Å². The molecule has 5 rings (SSSR count). The second-order valence-corrected chi connectivity index (χ2v) is 7.39. The fourth-order valence-electron chi connectivity index (χ4n) is 3.36. The van der Waals surface area contributed by atoms with Gasteiger partial charge in [0.25, 0.3) is 0 Å². The van der Waals surface area contributed by atoms with Crippen LogP contribution >= 0.6 is 0 Å². The molecule has 31 heavy (non-hydrogen) atoms. The van der Waals surface area contributed by atoms with E-state index in [9.17, 15) is 4.39 Å². The highest BCUT2D eigenvalue weighted by molar-refractivity contribution is 5.87. The molecule has 0 fully saturated rings. The van der Waals surface area contributed by atoms with Gasteiger partial charge in [-0.3, -0.25) is 0 Å². The van der Waals surface area contributed by atoms with Gasteiger partial charge in [0.15, 0.2) is 0 Å². The van der Waals surface area contributed by atoms with Gasteiger partial charge in [0, 0.05) is 5.39 Å². The molecule has 0 amide bonds. The van der Waals surface area contributed by atoms with Gasteiger partial charge in [-0.15, -0.1) is 5.10 Å². The third kappa shape index (κ3) is 3.75. The predicted octanol–water partition coefficient (Wildman–Crippen LogP) is 6.03. The normalized spacial score (nSPS) is 11.1. The van der Waals surface area contributed by atoms with Gasteiger partial charge < -0.3 is 4.74 Å². The Bertz CT molecular complexity index is 1390. The maximum atomic E-state index is 13.2. The van der Waals surface area contributed by atoms with Gasteiger partial charge in [-0.2, -0.15) is 0 Å². The second kappa shape index (κ2) is 7.65. The molecule has 0 N–H and O–H groups in total. The van der Waals surface area contributed by atoms with Gasteiger partial charge in [-0.25, -0.2) is 14.1 Å². The number of nitrogens with zero attached hydrogens (tertiary/aromatic N) is 4. The smallest absolute Gasteiger partial charge is 0.136 e. The average Bonchev–Trinajstić information content (AvgIpc) is 3.27. The Morgan fingerprint density at radius 2 is 1.68 bits per heavy atom. The average molecular weight is 410 g/mol. The van der Waals surface area contributed by atoms with Crippen molar-refractivity contribution in [2.24, 2.45) is 0 Å². The molecule has 5 nitrogen and oxygen atoms in total. The maximum absolute atomic E-state index is 13.2. The van der Waals surface area contributed by atoms with E-state index in [-0.39, 0.29) is 5.82 Å². The van der Waals surface area contributed by atoms with Crippen molar-refractivity contribution < 1.29 is 9.13 Å². The number of aryl methyl sites for hydroxylation is 2. The summed E-state index contributed by atoms with van der Waals surface area (Å²) in [6.45, 7) is 4.15. The first kappa shape index (κ1) is 18.9. The molecule has 0 aliphatic rings. The Kier molecular flexibility index (Phi) is 4.67. The van der Waals surface area contributed by atoms with Gasteiger partial charge in [0.05, 0.1) is 23.1 Å². The van der Waals surface area contributed by atoms with E-state index >= 15 is 0 Å². The highest BCUT2D eigenvalue weighted by Gasteiger charge is 2.11. The van der Waals surface area contributed by atoms with E-state index in [1.165, 1.54) is 23.3 Å². The van der Waals surface area contributed by atoms with Crippen molar-refractivity contribution in [2.45, 2.75) is 13.8 Å². The van der Waals surface area contributed by atoms with Crippen LogP contribution < -0.4 is 4.74 Å². The third-order valence-electron chi connectivity index (χ3n) is 5.25. The Morgan fingerprint density at radius 1 is 0.839 bits per heavy atom. The number of pyridine rings is 1. The van der Waals surface area contributed by atoms with Crippen LogP contribution in [-0.4, -0.2) is 20.0 Å². The maximum Gasteiger partial charge on any atom is 0.136 e. The number of fused-ring (bicyclic) bond motifs is 1. The molecule has 2 aromatic heterocycles.